The van der Waals surface area contributed by atoms with Crippen LogP contribution < -0.4 is 5.32 Å². The lowest BCUT2D eigenvalue weighted by Crippen LogP contribution is -2.36. The fraction of sp³-hybridized carbons (Fsp3) is 0.500. The normalized spacial score (nSPS) is 11.4. The van der Waals surface area contributed by atoms with Crippen LogP contribution in [0, 0.1) is 21.4 Å². The first-order chi connectivity index (χ1) is 9.15. The van der Waals surface area contributed by atoms with Gasteiger partial charge in [-0.3, -0.25) is 14.9 Å². The highest BCUT2D eigenvalue weighted by molar-refractivity contribution is 5.95. The van der Waals surface area contributed by atoms with Gasteiger partial charge in [0.2, 0.25) is 0 Å². The average molecular weight is 280 g/mol. The Labute approximate surface area is 118 Å². The summed E-state index contributed by atoms with van der Waals surface area (Å²) in [5, 5.41) is 22.9. The van der Waals surface area contributed by atoms with E-state index in [9.17, 15) is 20.0 Å². The monoisotopic (exact) mass is 280 g/mol. The molecular weight excluding hydrogens is 260 g/mol. The highest BCUT2D eigenvalue weighted by atomic mass is 16.6. The molecule has 0 saturated carbocycles. The summed E-state index contributed by atoms with van der Waals surface area (Å²) in [4.78, 5) is 21.8. The summed E-state index contributed by atoms with van der Waals surface area (Å²) >= 11 is 0. The highest BCUT2D eigenvalue weighted by Gasteiger charge is 2.23. The zero-order chi connectivity index (χ0) is 15.5. The third-order valence-corrected chi connectivity index (χ3v) is 3.70. The van der Waals surface area contributed by atoms with Crippen LogP contribution in [0.4, 0.5) is 5.69 Å². The van der Waals surface area contributed by atoms with Crippen LogP contribution in [0.5, 0.6) is 5.75 Å². The molecule has 6 heteroatoms. The first kappa shape index (κ1) is 15.9. The van der Waals surface area contributed by atoms with Crippen molar-refractivity contribution in [1.82, 2.24) is 5.32 Å². The second-order valence-electron chi connectivity index (χ2n) is 5.79. The lowest BCUT2D eigenvalue weighted by molar-refractivity contribution is -0.385. The Kier molecular flexibility index (Phi) is 4.70. The van der Waals surface area contributed by atoms with Crippen molar-refractivity contribution in [1.29, 1.82) is 0 Å². The van der Waals surface area contributed by atoms with E-state index in [1.54, 1.807) is 0 Å². The second-order valence-corrected chi connectivity index (χ2v) is 5.79. The number of hydrogen-bond donors (Lipinski definition) is 2. The Balaban J connectivity index is 2.79. The number of phenols is 1. The molecule has 20 heavy (non-hydrogen) atoms. The SMILES string of the molecule is CC(C)C(C)(C)CNC(=O)c1ccc([N+](=O)[O-])c(O)c1. The van der Waals surface area contributed by atoms with Gasteiger partial charge in [0.15, 0.2) is 5.75 Å². The molecule has 0 aliphatic heterocycles. The van der Waals surface area contributed by atoms with Gasteiger partial charge in [0.25, 0.3) is 5.91 Å². The lowest BCUT2D eigenvalue weighted by atomic mass is 9.81. The van der Waals surface area contributed by atoms with E-state index in [4.69, 9.17) is 0 Å². The lowest BCUT2D eigenvalue weighted by Gasteiger charge is -2.29. The molecule has 0 radical (unpaired) electrons. The molecule has 0 aliphatic rings. The van der Waals surface area contributed by atoms with Crippen LogP contribution in [0.15, 0.2) is 18.2 Å². The van der Waals surface area contributed by atoms with Gasteiger partial charge >= 0.3 is 5.69 Å². The van der Waals surface area contributed by atoms with E-state index in [-0.39, 0.29) is 16.9 Å². The van der Waals surface area contributed by atoms with Gasteiger partial charge in [-0.2, -0.15) is 0 Å². The minimum Gasteiger partial charge on any atom is -0.502 e. The van der Waals surface area contributed by atoms with E-state index in [1.165, 1.54) is 6.07 Å². The number of carbonyl (C=O) groups is 1. The fourth-order valence-corrected chi connectivity index (χ4v) is 1.43. The third kappa shape index (κ3) is 3.69. The molecule has 1 aromatic rings. The Morgan fingerprint density at radius 3 is 2.50 bits per heavy atom. The highest BCUT2D eigenvalue weighted by Crippen LogP contribution is 2.27. The zero-order valence-corrected chi connectivity index (χ0v) is 12.1. The molecule has 1 amide bonds. The number of nitrogens with zero attached hydrogens (tertiary/aromatic N) is 1. The molecule has 0 atom stereocenters. The Morgan fingerprint density at radius 2 is 2.05 bits per heavy atom. The zero-order valence-electron chi connectivity index (χ0n) is 12.1. The average Bonchev–Trinajstić information content (AvgIpc) is 2.35. The molecule has 6 nitrogen and oxygen atoms in total. The number of carbonyl (C=O) groups excluding carboxylic acids is 1. The third-order valence-electron chi connectivity index (χ3n) is 3.70. The van der Waals surface area contributed by atoms with Crippen molar-refractivity contribution in [2.75, 3.05) is 6.54 Å². The van der Waals surface area contributed by atoms with Gasteiger partial charge in [0.1, 0.15) is 0 Å². The van der Waals surface area contributed by atoms with Crippen LogP contribution in [-0.2, 0) is 0 Å². The minimum absolute atomic E-state index is 0.0571. The summed E-state index contributed by atoms with van der Waals surface area (Å²) in [7, 11) is 0. The number of amides is 1. The second kappa shape index (κ2) is 5.90. The fourth-order valence-electron chi connectivity index (χ4n) is 1.43. The van der Waals surface area contributed by atoms with Gasteiger partial charge in [0.05, 0.1) is 4.92 Å². The number of nitro groups is 1. The van der Waals surface area contributed by atoms with Crippen LogP contribution in [0.25, 0.3) is 0 Å². The van der Waals surface area contributed by atoms with E-state index in [1.807, 2.05) is 13.8 Å². The molecule has 1 rings (SSSR count). The summed E-state index contributed by atoms with van der Waals surface area (Å²) in [6.45, 7) is 8.73. The van der Waals surface area contributed by atoms with Crippen molar-refractivity contribution in [3.05, 3.63) is 33.9 Å². The maximum Gasteiger partial charge on any atom is 0.310 e. The smallest absolute Gasteiger partial charge is 0.310 e. The molecule has 0 unspecified atom stereocenters. The van der Waals surface area contributed by atoms with Crippen LogP contribution in [0.3, 0.4) is 0 Å². The summed E-state index contributed by atoms with van der Waals surface area (Å²) in [6, 6.07) is 3.56. The predicted molar refractivity (Wildman–Crippen MR) is 75.7 cm³/mol. The van der Waals surface area contributed by atoms with Gasteiger partial charge in [-0.05, 0) is 23.5 Å². The van der Waals surface area contributed by atoms with Crippen molar-refractivity contribution >= 4 is 11.6 Å². The van der Waals surface area contributed by atoms with Gasteiger partial charge in [-0.15, -0.1) is 0 Å². The van der Waals surface area contributed by atoms with Gasteiger partial charge in [-0.1, -0.05) is 27.7 Å². The first-order valence-corrected chi connectivity index (χ1v) is 6.41. The maximum atomic E-state index is 12.0. The number of nitro benzene ring substituents is 1. The molecule has 110 valence electrons. The van der Waals surface area contributed by atoms with Crippen molar-refractivity contribution in [2.45, 2.75) is 27.7 Å². The number of nitrogens with one attached hydrogen (secondary N) is 1. The molecule has 0 heterocycles. The molecule has 0 aliphatic carbocycles. The largest absolute Gasteiger partial charge is 0.502 e. The molecule has 0 aromatic heterocycles. The molecular formula is C14H20N2O4. The van der Waals surface area contributed by atoms with Crippen LogP contribution in [0.2, 0.25) is 0 Å². The van der Waals surface area contributed by atoms with Crippen molar-refractivity contribution in [3.63, 3.8) is 0 Å². The Hall–Kier alpha value is -2.11. The molecule has 0 spiro atoms. The molecule has 0 fully saturated rings. The van der Waals surface area contributed by atoms with Gasteiger partial charge < -0.3 is 10.4 Å². The Bertz CT molecular complexity index is 524. The van der Waals surface area contributed by atoms with Gasteiger partial charge in [-0.25, -0.2) is 0 Å². The molecule has 2 N–H and O–H groups in total. The van der Waals surface area contributed by atoms with Crippen LogP contribution in [0.1, 0.15) is 38.1 Å². The van der Waals surface area contributed by atoms with E-state index >= 15 is 0 Å². The summed E-state index contributed by atoms with van der Waals surface area (Å²) in [5.41, 5.74) is -0.268. The predicted octanol–water partition coefficient (Wildman–Crippen LogP) is 2.71. The molecule has 0 saturated heterocycles. The summed E-state index contributed by atoms with van der Waals surface area (Å²) < 4.78 is 0. The van der Waals surface area contributed by atoms with Crippen molar-refractivity contribution in [2.24, 2.45) is 11.3 Å². The molecule has 1 aromatic carbocycles. The molecule has 0 bridgehead atoms. The Morgan fingerprint density at radius 1 is 1.45 bits per heavy atom. The van der Waals surface area contributed by atoms with E-state index in [2.05, 4.69) is 19.2 Å². The topological polar surface area (TPSA) is 92.5 Å². The quantitative estimate of drug-likeness (QED) is 0.640. The minimum atomic E-state index is -0.696. The van der Waals surface area contributed by atoms with Crippen LogP contribution >= 0.6 is 0 Å². The summed E-state index contributed by atoms with van der Waals surface area (Å²) in [6.07, 6.45) is 0. The van der Waals surface area contributed by atoms with Crippen LogP contribution in [-0.4, -0.2) is 22.5 Å². The van der Waals surface area contributed by atoms with Crippen molar-refractivity contribution < 1.29 is 14.8 Å². The number of phenolic OH excluding ortho intramolecular Hbond substituents is 1. The number of rotatable bonds is 5. The van der Waals surface area contributed by atoms with E-state index in [0.717, 1.165) is 12.1 Å². The standard InChI is InChI=1S/C14H20N2O4/c1-9(2)14(3,4)8-15-13(18)10-5-6-11(16(19)20)12(17)7-10/h5-7,9,17H,8H2,1-4H3,(H,15,18). The van der Waals surface area contributed by atoms with E-state index in [0.29, 0.717) is 12.5 Å². The summed E-state index contributed by atoms with van der Waals surface area (Å²) in [5.74, 6) is -0.470. The number of benzene rings is 1. The first-order valence-electron chi connectivity index (χ1n) is 6.41. The van der Waals surface area contributed by atoms with Gasteiger partial charge in [0, 0.05) is 18.2 Å². The van der Waals surface area contributed by atoms with E-state index < -0.39 is 16.4 Å². The number of hydrogen-bond acceptors (Lipinski definition) is 4. The number of aromatic hydroxyl groups is 1. The van der Waals surface area contributed by atoms with Crippen molar-refractivity contribution in [3.8, 4) is 5.75 Å². The maximum absolute atomic E-state index is 12.0.